The Balaban J connectivity index is 2.28. The molecule has 4 nitrogen and oxygen atoms in total. The van der Waals surface area contributed by atoms with E-state index in [1.54, 1.807) is 18.7 Å². The van der Waals surface area contributed by atoms with Crippen LogP contribution in [0, 0.1) is 6.92 Å². The number of hydrogen-bond acceptors (Lipinski definition) is 4. The molecular formula is C14H16N2O2S. The quantitative estimate of drug-likeness (QED) is 0.868. The Labute approximate surface area is 116 Å². The van der Waals surface area contributed by atoms with Crippen LogP contribution in [0.1, 0.15) is 28.7 Å². The van der Waals surface area contributed by atoms with Gasteiger partial charge in [0.05, 0.1) is 11.4 Å². The van der Waals surface area contributed by atoms with Crippen LogP contribution >= 0.6 is 11.8 Å². The predicted molar refractivity (Wildman–Crippen MR) is 76.8 cm³/mol. The standard InChI is InChI=1S/C14H16N2O2S/c1-4-10-13(9(2)18-16-10)14(17)15-11-7-5-6-8-12(11)19-3/h5-8H,4H2,1-3H3,(H,15,17). The number of nitrogens with one attached hydrogen (secondary N) is 1. The Morgan fingerprint density at radius 2 is 2.16 bits per heavy atom. The average Bonchev–Trinajstić information content (AvgIpc) is 2.80. The number of carbonyl (C=O) groups is 1. The van der Waals surface area contributed by atoms with Crippen molar-refractivity contribution in [1.29, 1.82) is 0 Å². The Hall–Kier alpha value is -1.75. The van der Waals surface area contributed by atoms with Gasteiger partial charge in [-0.25, -0.2) is 0 Å². The first-order valence-corrected chi connectivity index (χ1v) is 7.29. The summed E-state index contributed by atoms with van der Waals surface area (Å²) in [5.41, 5.74) is 2.04. The molecule has 19 heavy (non-hydrogen) atoms. The van der Waals surface area contributed by atoms with Crippen LogP contribution in [0.15, 0.2) is 33.7 Å². The highest BCUT2D eigenvalue weighted by Gasteiger charge is 2.19. The van der Waals surface area contributed by atoms with E-state index in [1.807, 2.05) is 37.4 Å². The maximum atomic E-state index is 12.3. The molecule has 0 radical (unpaired) electrons. The molecular weight excluding hydrogens is 260 g/mol. The molecule has 0 atom stereocenters. The summed E-state index contributed by atoms with van der Waals surface area (Å²) in [7, 11) is 0. The Bertz CT molecular complexity index is 593. The van der Waals surface area contributed by atoms with Crippen molar-refractivity contribution in [1.82, 2.24) is 5.16 Å². The fraction of sp³-hybridized carbons (Fsp3) is 0.286. The van der Waals surface area contributed by atoms with Gasteiger partial charge >= 0.3 is 0 Å². The van der Waals surface area contributed by atoms with E-state index in [0.29, 0.717) is 23.4 Å². The van der Waals surface area contributed by atoms with Gasteiger partial charge in [0.1, 0.15) is 11.3 Å². The summed E-state index contributed by atoms with van der Waals surface area (Å²) in [6, 6.07) is 7.71. The zero-order valence-electron chi connectivity index (χ0n) is 11.2. The number of para-hydroxylation sites is 1. The molecule has 2 rings (SSSR count). The van der Waals surface area contributed by atoms with Crippen molar-refractivity contribution < 1.29 is 9.32 Å². The van der Waals surface area contributed by atoms with Gasteiger partial charge in [0, 0.05) is 4.90 Å². The minimum absolute atomic E-state index is 0.169. The second-order valence-electron chi connectivity index (χ2n) is 4.07. The molecule has 0 bridgehead atoms. The number of thioether (sulfide) groups is 1. The first kappa shape index (κ1) is 13.7. The van der Waals surface area contributed by atoms with Gasteiger partial charge in [-0.1, -0.05) is 24.2 Å². The number of benzene rings is 1. The molecule has 0 fully saturated rings. The van der Waals surface area contributed by atoms with Gasteiger partial charge < -0.3 is 9.84 Å². The molecule has 1 aromatic heterocycles. The van der Waals surface area contributed by atoms with Crippen LogP contribution in [0.3, 0.4) is 0 Å². The largest absolute Gasteiger partial charge is 0.361 e. The minimum Gasteiger partial charge on any atom is -0.361 e. The van der Waals surface area contributed by atoms with Crippen LogP contribution in [0.5, 0.6) is 0 Å². The second-order valence-corrected chi connectivity index (χ2v) is 4.92. The third-order valence-electron chi connectivity index (χ3n) is 2.85. The van der Waals surface area contributed by atoms with Crippen LogP contribution in [0.25, 0.3) is 0 Å². The summed E-state index contributed by atoms with van der Waals surface area (Å²) in [6.07, 6.45) is 2.65. The van der Waals surface area contributed by atoms with Gasteiger partial charge in [-0.05, 0) is 31.7 Å². The number of aryl methyl sites for hydroxylation is 2. The zero-order valence-corrected chi connectivity index (χ0v) is 12.0. The van der Waals surface area contributed by atoms with Gasteiger partial charge in [-0.3, -0.25) is 4.79 Å². The van der Waals surface area contributed by atoms with Gasteiger partial charge in [-0.15, -0.1) is 11.8 Å². The van der Waals surface area contributed by atoms with Crippen LogP contribution in [0.2, 0.25) is 0 Å². The summed E-state index contributed by atoms with van der Waals surface area (Å²) >= 11 is 1.60. The van der Waals surface area contributed by atoms with E-state index in [1.165, 1.54) is 0 Å². The molecule has 0 unspecified atom stereocenters. The molecule has 0 saturated heterocycles. The van der Waals surface area contributed by atoms with Crippen molar-refractivity contribution in [2.75, 3.05) is 11.6 Å². The normalized spacial score (nSPS) is 10.5. The molecule has 0 aliphatic heterocycles. The highest BCUT2D eigenvalue weighted by Crippen LogP contribution is 2.26. The molecule has 1 heterocycles. The second kappa shape index (κ2) is 5.93. The predicted octanol–water partition coefficient (Wildman–Crippen LogP) is 3.52. The van der Waals surface area contributed by atoms with Crippen molar-refractivity contribution in [2.24, 2.45) is 0 Å². The van der Waals surface area contributed by atoms with E-state index in [2.05, 4.69) is 10.5 Å². The zero-order chi connectivity index (χ0) is 13.8. The number of carbonyl (C=O) groups excluding carboxylic acids is 1. The van der Waals surface area contributed by atoms with Gasteiger partial charge in [0.15, 0.2) is 0 Å². The summed E-state index contributed by atoms with van der Waals surface area (Å²) in [5.74, 6) is 0.382. The van der Waals surface area contributed by atoms with Crippen molar-refractivity contribution in [2.45, 2.75) is 25.2 Å². The number of nitrogens with zero attached hydrogens (tertiary/aromatic N) is 1. The number of amides is 1. The van der Waals surface area contributed by atoms with Crippen LogP contribution in [0.4, 0.5) is 5.69 Å². The number of aromatic nitrogens is 1. The molecule has 0 aliphatic carbocycles. The van der Waals surface area contributed by atoms with Crippen LogP contribution in [-0.4, -0.2) is 17.3 Å². The molecule has 5 heteroatoms. The van der Waals surface area contributed by atoms with E-state index >= 15 is 0 Å². The number of anilines is 1. The van der Waals surface area contributed by atoms with Crippen molar-refractivity contribution in [3.05, 3.63) is 41.3 Å². The monoisotopic (exact) mass is 276 g/mol. The Kier molecular flexibility index (Phi) is 4.27. The summed E-state index contributed by atoms with van der Waals surface area (Å²) in [4.78, 5) is 13.4. The summed E-state index contributed by atoms with van der Waals surface area (Å²) in [5, 5.41) is 6.82. The Morgan fingerprint density at radius 3 is 2.84 bits per heavy atom. The first-order chi connectivity index (χ1) is 9.17. The van der Waals surface area contributed by atoms with Gasteiger partial charge in [0.25, 0.3) is 5.91 Å². The summed E-state index contributed by atoms with van der Waals surface area (Å²) < 4.78 is 5.09. The van der Waals surface area contributed by atoms with E-state index < -0.39 is 0 Å². The topological polar surface area (TPSA) is 55.1 Å². The summed E-state index contributed by atoms with van der Waals surface area (Å²) in [6.45, 7) is 3.70. The maximum Gasteiger partial charge on any atom is 0.261 e. The smallest absolute Gasteiger partial charge is 0.261 e. The Morgan fingerprint density at radius 1 is 1.42 bits per heavy atom. The lowest BCUT2D eigenvalue weighted by molar-refractivity contribution is 0.102. The van der Waals surface area contributed by atoms with E-state index in [4.69, 9.17) is 4.52 Å². The SMILES string of the molecule is CCc1noc(C)c1C(=O)Nc1ccccc1SC. The van der Waals surface area contributed by atoms with Gasteiger partial charge in [0.2, 0.25) is 0 Å². The maximum absolute atomic E-state index is 12.3. The van der Waals surface area contributed by atoms with E-state index in [9.17, 15) is 4.79 Å². The fourth-order valence-corrected chi connectivity index (χ4v) is 2.44. The first-order valence-electron chi connectivity index (χ1n) is 6.06. The fourth-order valence-electron chi connectivity index (χ4n) is 1.88. The molecule has 1 amide bonds. The van der Waals surface area contributed by atoms with Crippen LogP contribution in [-0.2, 0) is 6.42 Å². The lowest BCUT2D eigenvalue weighted by atomic mass is 10.1. The molecule has 0 saturated carbocycles. The van der Waals surface area contributed by atoms with Crippen LogP contribution < -0.4 is 5.32 Å². The minimum atomic E-state index is -0.169. The van der Waals surface area contributed by atoms with Crippen molar-refractivity contribution in [3.8, 4) is 0 Å². The third kappa shape index (κ3) is 2.81. The third-order valence-corrected chi connectivity index (χ3v) is 3.65. The number of rotatable bonds is 4. The molecule has 0 spiro atoms. The molecule has 100 valence electrons. The van der Waals surface area contributed by atoms with E-state index in [0.717, 1.165) is 10.6 Å². The number of hydrogen-bond donors (Lipinski definition) is 1. The van der Waals surface area contributed by atoms with Crippen molar-refractivity contribution in [3.63, 3.8) is 0 Å². The highest BCUT2D eigenvalue weighted by molar-refractivity contribution is 7.98. The molecule has 1 aromatic carbocycles. The highest BCUT2D eigenvalue weighted by atomic mass is 32.2. The lowest BCUT2D eigenvalue weighted by Crippen LogP contribution is -2.14. The molecule has 0 aliphatic rings. The average molecular weight is 276 g/mol. The molecule has 2 aromatic rings. The van der Waals surface area contributed by atoms with E-state index in [-0.39, 0.29) is 5.91 Å². The van der Waals surface area contributed by atoms with Gasteiger partial charge in [-0.2, -0.15) is 0 Å². The van der Waals surface area contributed by atoms with Crippen molar-refractivity contribution >= 4 is 23.4 Å². The lowest BCUT2D eigenvalue weighted by Gasteiger charge is -2.09. The molecule has 1 N–H and O–H groups in total.